The molecule has 0 aromatic carbocycles. The molecule has 0 saturated heterocycles. The van der Waals surface area contributed by atoms with Crippen LogP contribution >= 0.6 is 0 Å². The lowest BCUT2D eigenvalue weighted by atomic mass is 9.49. The number of hydrogen-bond donors (Lipinski definition) is 1. The molecule has 4 aliphatic carbocycles. The average molecular weight is 289 g/mol. The van der Waals surface area contributed by atoms with Crippen molar-refractivity contribution in [3.05, 3.63) is 11.8 Å². The van der Waals surface area contributed by atoms with Gasteiger partial charge in [0.05, 0.1) is 0 Å². The molecular weight excluding hydrogens is 262 g/mol. The number of rotatable bonds is 5. The maximum atomic E-state index is 6.09. The molecule has 116 valence electrons. The fraction of sp³-hybridized carbons (Fsp3) is 0.882. The van der Waals surface area contributed by atoms with Gasteiger partial charge in [0.2, 0.25) is 11.8 Å². The Bertz CT molecular complexity index is 473. The van der Waals surface area contributed by atoms with Gasteiger partial charge in [0, 0.05) is 24.4 Å². The van der Waals surface area contributed by atoms with E-state index in [2.05, 4.69) is 29.4 Å². The highest BCUT2D eigenvalue weighted by Gasteiger charge is 2.54. The lowest BCUT2D eigenvalue weighted by Gasteiger charge is -2.55. The van der Waals surface area contributed by atoms with E-state index in [-0.39, 0.29) is 5.41 Å². The Morgan fingerprint density at radius 3 is 2.29 bits per heavy atom. The van der Waals surface area contributed by atoms with E-state index in [1.54, 1.807) is 0 Å². The molecule has 1 heterocycles. The monoisotopic (exact) mass is 289 g/mol. The van der Waals surface area contributed by atoms with Crippen molar-refractivity contribution in [1.29, 1.82) is 0 Å². The molecule has 0 amide bonds. The van der Waals surface area contributed by atoms with Crippen LogP contribution in [0.3, 0.4) is 0 Å². The lowest BCUT2D eigenvalue weighted by molar-refractivity contribution is -0.0182. The molecule has 4 saturated carbocycles. The molecule has 4 bridgehead atoms. The van der Waals surface area contributed by atoms with Crippen LogP contribution in [0.15, 0.2) is 4.42 Å². The summed E-state index contributed by atoms with van der Waals surface area (Å²) in [6.07, 6.45) is 9.10. The molecule has 0 atom stereocenters. The van der Waals surface area contributed by atoms with Crippen molar-refractivity contribution < 1.29 is 4.42 Å². The smallest absolute Gasteiger partial charge is 0.222 e. The third-order valence-electron chi connectivity index (χ3n) is 5.85. The fourth-order valence-electron chi connectivity index (χ4n) is 5.41. The Morgan fingerprint density at radius 2 is 1.71 bits per heavy atom. The number of nitrogens with one attached hydrogen (secondary N) is 1. The molecule has 4 nitrogen and oxygen atoms in total. The van der Waals surface area contributed by atoms with E-state index in [1.165, 1.54) is 38.5 Å². The SMILES string of the molecule is CC(C)NCCc1nnc(C23CC4CC(CC(C4)C2)C3)o1. The van der Waals surface area contributed by atoms with Crippen molar-refractivity contribution in [3.8, 4) is 0 Å². The van der Waals surface area contributed by atoms with Gasteiger partial charge in [0.25, 0.3) is 0 Å². The van der Waals surface area contributed by atoms with Crippen LogP contribution < -0.4 is 5.32 Å². The van der Waals surface area contributed by atoms with Crippen LogP contribution in [0.5, 0.6) is 0 Å². The molecule has 1 N–H and O–H groups in total. The third-order valence-corrected chi connectivity index (χ3v) is 5.85. The summed E-state index contributed by atoms with van der Waals surface area (Å²) in [6.45, 7) is 5.24. The van der Waals surface area contributed by atoms with Gasteiger partial charge >= 0.3 is 0 Å². The fourth-order valence-corrected chi connectivity index (χ4v) is 5.41. The summed E-state index contributed by atoms with van der Waals surface area (Å²) in [5.74, 6) is 4.55. The quantitative estimate of drug-likeness (QED) is 0.905. The maximum absolute atomic E-state index is 6.09. The van der Waals surface area contributed by atoms with Gasteiger partial charge in [0.1, 0.15) is 0 Å². The van der Waals surface area contributed by atoms with Gasteiger partial charge in [0.15, 0.2) is 0 Å². The molecule has 1 aromatic rings. The van der Waals surface area contributed by atoms with Crippen LogP contribution in [0, 0.1) is 17.8 Å². The van der Waals surface area contributed by atoms with Crippen molar-refractivity contribution in [2.24, 2.45) is 17.8 Å². The van der Waals surface area contributed by atoms with E-state index in [0.717, 1.165) is 42.5 Å². The summed E-state index contributed by atoms with van der Waals surface area (Å²) in [6, 6.07) is 0.510. The molecule has 0 radical (unpaired) electrons. The summed E-state index contributed by atoms with van der Waals surface area (Å²) in [5, 5.41) is 12.2. The van der Waals surface area contributed by atoms with Gasteiger partial charge in [-0.3, -0.25) is 0 Å². The first kappa shape index (κ1) is 13.7. The molecule has 4 fully saturated rings. The van der Waals surface area contributed by atoms with Crippen LogP contribution in [0.4, 0.5) is 0 Å². The van der Waals surface area contributed by atoms with E-state index in [1.807, 2.05) is 0 Å². The van der Waals surface area contributed by atoms with Crippen LogP contribution in [0.2, 0.25) is 0 Å². The lowest BCUT2D eigenvalue weighted by Crippen LogP contribution is -2.48. The topological polar surface area (TPSA) is 51.0 Å². The minimum atomic E-state index is 0.242. The second-order valence-corrected chi connectivity index (χ2v) is 8.06. The molecule has 5 rings (SSSR count). The minimum absolute atomic E-state index is 0.242. The normalized spacial score (nSPS) is 37.6. The predicted molar refractivity (Wildman–Crippen MR) is 81.0 cm³/mol. The number of hydrogen-bond acceptors (Lipinski definition) is 4. The molecule has 21 heavy (non-hydrogen) atoms. The van der Waals surface area contributed by atoms with Gasteiger partial charge in [-0.05, 0) is 56.3 Å². The zero-order valence-electron chi connectivity index (χ0n) is 13.3. The largest absolute Gasteiger partial charge is 0.425 e. The average Bonchev–Trinajstić information content (AvgIpc) is 2.86. The van der Waals surface area contributed by atoms with Crippen LogP contribution in [0.25, 0.3) is 0 Å². The van der Waals surface area contributed by atoms with Gasteiger partial charge in [-0.25, -0.2) is 0 Å². The molecule has 4 heteroatoms. The van der Waals surface area contributed by atoms with Crippen LogP contribution in [-0.4, -0.2) is 22.8 Å². The van der Waals surface area contributed by atoms with Crippen molar-refractivity contribution in [3.63, 3.8) is 0 Å². The molecule has 0 unspecified atom stereocenters. The Kier molecular flexibility index (Phi) is 3.32. The molecular formula is C17H27N3O. The number of nitrogens with zero attached hydrogens (tertiary/aromatic N) is 2. The Balaban J connectivity index is 1.48. The van der Waals surface area contributed by atoms with Gasteiger partial charge in [-0.2, -0.15) is 0 Å². The Hall–Kier alpha value is -0.900. The standard InChI is InChI=1S/C17H27N3O/c1-11(2)18-4-3-15-19-20-16(21-15)17-8-12-5-13(9-17)7-14(6-12)10-17/h11-14,18H,3-10H2,1-2H3. The van der Waals surface area contributed by atoms with Gasteiger partial charge < -0.3 is 9.73 Å². The predicted octanol–water partition coefficient (Wildman–Crippen LogP) is 3.08. The zero-order chi connectivity index (χ0) is 14.4. The van der Waals surface area contributed by atoms with Crippen molar-refractivity contribution >= 4 is 0 Å². The first-order chi connectivity index (χ1) is 10.1. The van der Waals surface area contributed by atoms with Crippen molar-refractivity contribution in [1.82, 2.24) is 15.5 Å². The van der Waals surface area contributed by atoms with Crippen LogP contribution in [0.1, 0.15) is 64.2 Å². The summed E-state index contributed by atoms with van der Waals surface area (Å²) < 4.78 is 6.09. The van der Waals surface area contributed by atoms with E-state index in [4.69, 9.17) is 4.42 Å². The van der Waals surface area contributed by atoms with E-state index < -0.39 is 0 Å². The zero-order valence-corrected chi connectivity index (χ0v) is 13.3. The molecule has 0 spiro atoms. The minimum Gasteiger partial charge on any atom is -0.425 e. The van der Waals surface area contributed by atoms with Gasteiger partial charge in [-0.1, -0.05) is 13.8 Å². The van der Waals surface area contributed by atoms with Crippen molar-refractivity contribution in [2.45, 2.75) is 70.3 Å². The third kappa shape index (κ3) is 2.52. The summed E-state index contributed by atoms with van der Waals surface area (Å²) in [5.41, 5.74) is 0.242. The second kappa shape index (κ2) is 5.08. The maximum Gasteiger partial charge on any atom is 0.222 e. The summed E-state index contributed by atoms with van der Waals surface area (Å²) in [4.78, 5) is 0. The van der Waals surface area contributed by atoms with Gasteiger partial charge in [-0.15, -0.1) is 10.2 Å². The summed E-state index contributed by atoms with van der Waals surface area (Å²) in [7, 11) is 0. The van der Waals surface area contributed by atoms with E-state index >= 15 is 0 Å². The highest BCUT2D eigenvalue weighted by Crippen LogP contribution is 2.60. The highest BCUT2D eigenvalue weighted by atomic mass is 16.4. The number of aromatic nitrogens is 2. The summed E-state index contributed by atoms with van der Waals surface area (Å²) >= 11 is 0. The van der Waals surface area contributed by atoms with Crippen LogP contribution in [-0.2, 0) is 11.8 Å². The second-order valence-electron chi connectivity index (χ2n) is 8.06. The van der Waals surface area contributed by atoms with E-state index in [9.17, 15) is 0 Å². The molecule has 0 aliphatic heterocycles. The highest BCUT2D eigenvalue weighted by molar-refractivity contribution is 5.14. The van der Waals surface area contributed by atoms with E-state index in [0.29, 0.717) is 6.04 Å². The first-order valence-electron chi connectivity index (χ1n) is 8.69. The first-order valence-corrected chi connectivity index (χ1v) is 8.69. The molecule has 1 aromatic heterocycles. The molecule has 4 aliphatic rings. The Labute approximate surface area is 127 Å². The van der Waals surface area contributed by atoms with Crippen molar-refractivity contribution in [2.75, 3.05) is 6.54 Å². The Morgan fingerprint density at radius 1 is 1.10 bits per heavy atom.